The molecule has 4 aromatic rings. The zero-order chi connectivity index (χ0) is 27.1. The van der Waals surface area contributed by atoms with Gasteiger partial charge >= 0.3 is 10.1 Å². The highest BCUT2D eigenvalue weighted by molar-refractivity contribution is 7.87. The molecule has 2 saturated heterocycles. The van der Waals surface area contributed by atoms with E-state index in [0.29, 0.717) is 16.9 Å². The number of anilines is 2. The maximum atomic E-state index is 14.0. The van der Waals surface area contributed by atoms with Gasteiger partial charge in [0.1, 0.15) is 16.6 Å². The van der Waals surface area contributed by atoms with Gasteiger partial charge in [-0.3, -0.25) is 14.4 Å². The molecule has 9 heteroatoms. The number of imide groups is 1. The van der Waals surface area contributed by atoms with Crippen molar-refractivity contribution in [2.45, 2.75) is 24.0 Å². The van der Waals surface area contributed by atoms with E-state index in [1.54, 1.807) is 60.7 Å². The maximum Gasteiger partial charge on any atom is 0.339 e. The zero-order valence-electron chi connectivity index (χ0n) is 20.9. The number of para-hydroxylation sites is 3. The van der Waals surface area contributed by atoms with Crippen molar-refractivity contribution in [1.82, 2.24) is 0 Å². The smallest absolute Gasteiger partial charge is 0.339 e. The zero-order valence-corrected chi connectivity index (χ0v) is 21.7. The Morgan fingerprint density at radius 1 is 0.744 bits per heavy atom. The number of hydroxylamine groups is 1. The van der Waals surface area contributed by atoms with Gasteiger partial charge in [0.15, 0.2) is 6.10 Å². The third kappa shape index (κ3) is 4.25. The summed E-state index contributed by atoms with van der Waals surface area (Å²) in [6, 6.07) is 29.8. The molecule has 0 N–H and O–H groups in total. The van der Waals surface area contributed by atoms with Gasteiger partial charge in [-0.25, -0.2) is 9.96 Å². The van der Waals surface area contributed by atoms with Crippen LogP contribution < -0.4 is 14.1 Å². The van der Waals surface area contributed by atoms with Gasteiger partial charge in [-0.05, 0) is 48.9 Å². The summed E-state index contributed by atoms with van der Waals surface area (Å²) >= 11 is 0. The first-order chi connectivity index (χ1) is 18.9. The Morgan fingerprint density at radius 2 is 1.36 bits per heavy atom. The highest BCUT2D eigenvalue weighted by atomic mass is 32.2. The van der Waals surface area contributed by atoms with Crippen LogP contribution in [0, 0.1) is 12.8 Å². The number of rotatable bonds is 6. The summed E-state index contributed by atoms with van der Waals surface area (Å²) < 4.78 is 31.9. The monoisotopic (exact) mass is 540 g/mol. The Balaban J connectivity index is 1.46. The second kappa shape index (κ2) is 9.68. The number of aryl methyl sites for hydroxylation is 1. The van der Waals surface area contributed by atoms with Crippen LogP contribution in [-0.2, 0) is 24.5 Å². The normalized spacial score (nSPS) is 20.8. The molecule has 0 radical (unpaired) electrons. The number of fused-ring (bicyclic) bond motifs is 1. The summed E-state index contributed by atoms with van der Waals surface area (Å²) in [4.78, 5) is 35.0. The summed E-state index contributed by atoms with van der Waals surface area (Å²) in [7, 11) is -4.17. The van der Waals surface area contributed by atoms with Gasteiger partial charge in [0.2, 0.25) is 5.91 Å². The van der Waals surface area contributed by atoms with Crippen LogP contribution in [0.5, 0.6) is 5.75 Å². The first-order valence-electron chi connectivity index (χ1n) is 12.4. The molecule has 0 aromatic heterocycles. The summed E-state index contributed by atoms with van der Waals surface area (Å²) in [5.74, 6) is -1.80. The summed E-state index contributed by atoms with van der Waals surface area (Å²) in [5.41, 5.74) is 2.28. The molecule has 0 aliphatic carbocycles. The standard InChI is InChI=1S/C30H24N2O6S/c1-20-12-8-10-18-24(20)31-29(33)26-27(32(37-28(26)30(31)34)21-13-4-2-5-14-21)23-17-9-11-19-25(23)38-39(35,36)22-15-6-3-7-16-22/h2-19,26-28H,1H3/t26-,27-,28+/m0/s1. The predicted molar refractivity (Wildman–Crippen MR) is 144 cm³/mol. The van der Waals surface area contributed by atoms with Crippen molar-refractivity contribution in [1.29, 1.82) is 0 Å². The number of amides is 2. The predicted octanol–water partition coefficient (Wildman–Crippen LogP) is 4.81. The van der Waals surface area contributed by atoms with Crippen LogP contribution in [0.3, 0.4) is 0 Å². The second-order valence-corrected chi connectivity index (χ2v) is 10.9. The third-order valence-corrected chi connectivity index (χ3v) is 8.20. The fourth-order valence-corrected chi connectivity index (χ4v) is 6.11. The molecular formula is C30H24N2O6S. The average molecular weight is 541 g/mol. The molecule has 4 aromatic carbocycles. The molecular weight excluding hydrogens is 516 g/mol. The van der Waals surface area contributed by atoms with E-state index in [4.69, 9.17) is 9.02 Å². The number of benzene rings is 4. The van der Waals surface area contributed by atoms with Gasteiger partial charge in [0.25, 0.3) is 5.91 Å². The number of carbonyl (C=O) groups excluding carboxylic acids is 2. The van der Waals surface area contributed by atoms with Gasteiger partial charge in [-0.2, -0.15) is 8.42 Å². The van der Waals surface area contributed by atoms with Crippen LogP contribution in [0.25, 0.3) is 0 Å². The van der Waals surface area contributed by atoms with E-state index in [1.165, 1.54) is 28.2 Å². The lowest BCUT2D eigenvalue weighted by Gasteiger charge is -2.29. The highest BCUT2D eigenvalue weighted by Gasteiger charge is 2.61. The van der Waals surface area contributed by atoms with Crippen molar-refractivity contribution < 1.29 is 27.0 Å². The van der Waals surface area contributed by atoms with Crippen molar-refractivity contribution in [3.8, 4) is 5.75 Å². The SMILES string of the molecule is Cc1ccccc1N1C(=O)[C@@H]2[C@@H](ON(c3ccccc3)[C@H]2c2ccccc2OS(=O)(=O)c2ccccc2)C1=O. The van der Waals surface area contributed by atoms with Crippen LogP contribution in [0.15, 0.2) is 114 Å². The van der Waals surface area contributed by atoms with Gasteiger partial charge in [0, 0.05) is 5.56 Å². The number of hydrogen-bond donors (Lipinski definition) is 0. The van der Waals surface area contributed by atoms with Crippen molar-refractivity contribution in [2.24, 2.45) is 5.92 Å². The van der Waals surface area contributed by atoms with E-state index < -0.39 is 40.0 Å². The minimum absolute atomic E-state index is 0.00174. The van der Waals surface area contributed by atoms with Crippen LogP contribution in [0.2, 0.25) is 0 Å². The maximum absolute atomic E-state index is 14.0. The van der Waals surface area contributed by atoms with Crippen LogP contribution in [-0.4, -0.2) is 26.3 Å². The van der Waals surface area contributed by atoms with Gasteiger partial charge in [0.05, 0.1) is 17.4 Å². The Labute approximate surface area is 226 Å². The van der Waals surface area contributed by atoms with Crippen molar-refractivity contribution in [3.05, 3.63) is 120 Å². The van der Waals surface area contributed by atoms with E-state index in [1.807, 2.05) is 37.3 Å². The molecule has 2 amide bonds. The van der Waals surface area contributed by atoms with Gasteiger partial charge < -0.3 is 4.18 Å². The molecule has 2 aliphatic rings. The lowest BCUT2D eigenvalue weighted by molar-refractivity contribution is -0.126. The van der Waals surface area contributed by atoms with Crippen molar-refractivity contribution in [2.75, 3.05) is 9.96 Å². The van der Waals surface area contributed by atoms with E-state index in [0.717, 1.165) is 5.56 Å². The van der Waals surface area contributed by atoms with E-state index >= 15 is 0 Å². The van der Waals surface area contributed by atoms with Crippen molar-refractivity contribution in [3.63, 3.8) is 0 Å². The average Bonchev–Trinajstić information content (AvgIpc) is 3.46. The molecule has 0 bridgehead atoms. The lowest BCUT2D eigenvalue weighted by atomic mass is 9.90. The summed E-state index contributed by atoms with van der Waals surface area (Å²) in [5, 5.41) is 1.51. The Morgan fingerprint density at radius 3 is 2.08 bits per heavy atom. The number of hydrogen-bond acceptors (Lipinski definition) is 7. The lowest BCUT2D eigenvalue weighted by Crippen LogP contribution is -2.37. The minimum atomic E-state index is -4.17. The summed E-state index contributed by atoms with van der Waals surface area (Å²) in [6.45, 7) is 1.83. The van der Waals surface area contributed by atoms with Gasteiger partial charge in [-0.15, -0.1) is 0 Å². The molecule has 2 fully saturated rings. The quantitative estimate of drug-likeness (QED) is 0.256. The Bertz CT molecular complexity index is 1660. The molecule has 2 aliphatic heterocycles. The van der Waals surface area contributed by atoms with E-state index in [-0.39, 0.29) is 10.6 Å². The van der Waals surface area contributed by atoms with Crippen LogP contribution >= 0.6 is 0 Å². The Kier molecular flexibility index (Phi) is 6.17. The topological polar surface area (TPSA) is 93.2 Å². The molecule has 8 nitrogen and oxygen atoms in total. The van der Waals surface area contributed by atoms with Gasteiger partial charge in [-0.1, -0.05) is 72.8 Å². The first kappa shape index (κ1) is 24.8. The fraction of sp³-hybridized carbons (Fsp3) is 0.133. The highest BCUT2D eigenvalue weighted by Crippen LogP contribution is 2.50. The molecule has 0 spiro atoms. The number of carbonyl (C=O) groups is 2. The molecule has 6 rings (SSSR count). The van der Waals surface area contributed by atoms with E-state index in [9.17, 15) is 18.0 Å². The third-order valence-electron chi connectivity index (χ3n) is 6.95. The second-order valence-electron chi connectivity index (χ2n) is 9.34. The summed E-state index contributed by atoms with van der Waals surface area (Å²) in [6.07, 6.45) is -1.10. The number of nitrogens with zero attached hydrogens (tertiary/aromatic N) is 2. The van der Waals surface area contributed by atoms with Crippen molar-refractivity contribution >= 4 is 33.3 Å². The largest absolute Gasteiger partial charge is 0.379 e. The molecule has 39 heavy (non-hydrogen) atoms. The van der Waals surface area contributed by atoms with Crippen LogP contribution in [0.4, 0.5) is 11.4 Å². The molecule has 0 saturated carbocycles. The minimum Gasteiger partial charge on any atom is -0.379 e. The molecule has 3 atom stereocenters. The Hall–Kier alpha value is -4.47. The molecule has 0 unspecified atom stereocenters. The molecule has 2 heterocycles. The fourth-order valence-electron chi connectivity index (χ4n) is 5.14. The van der Waals surface area contributed by atoms with E-state index in [2.05, 4.69) is 0 Å². The molecule has 196 valence electrons. The first-order valence-corrected chi connectivity index (χ1v) is 13.8. The van der Waals surface area contributed by atoms with Crippen LogP contribution in [0.1, 0.15) is 17.2 Å².